The number of nitrogens with zero attached hydrogens (tertiary/aromatic N) is 2. The predicted octanol–water partition coefficient (Wildman–Crippen LogP) is 2.90. The molecule has 0 aliphatic heterocycles. The molecule has 2 rings (SSSR count). The van der Waals surface area contributed by atoms with Gasteiger partial charge in [0, 0.05) is 18.2 Å². The van der Waals surface area contributed by atoms with Gasteiger partial charge in [0.25, 0.3) is 0 Å². The summed E-state index contributed by atoms with van der Waals surface area (Å²) in [6, 6.07) is 0.139. The number of hydrogen-bond acceptors (Lipinski definition) is 4. The van der Waals surface area contributed by atoms with Crippen molar-refractivity contribution in [2.75, 3.05) is 0 Å². The number of carbonyl (C=O) groups excluding carboxylic acids is 1. The molecule has 1 N–H and O–H groups in total. The van der Waals surface area contributed by atoms with E-state index in [1.807, 2.05) is 20.8 Å². The van der Waals surface area contributed by atoms with Crippen molar-refractivity contribution in [2.24, 2.45) is 0 Å². The molecule has 0 bridgehead atoms. The summed E-state index contributed by atoms with van der Waals surface area (Å²) in [6.45, 7) is 5.53. The van der Waals surface area contributed by atoms with Crippen LogP contribution in [0.5, 0.6) is 0 Å². The highest BCUT2D eigenvalue weighted by molar-refractivity contribution is 6.29. The molecule has 1 aromatic heterocycles. The molecule has 0 radical (unpaired) electrons. The van der Waals surface area contributed by atoms with Crippen LogP contribution in [0.4, 0.5) is 4.79 Å². The molecule has 1 saturated carbocycles. The number of rotatable bonds is 2. The SMILES string of the molecule is CC(C)(C)OC(=O)NC1CC(c2cncc(Cl)n2)C1. The minimum atomic E-state index is -0.467. The van der Waals surface area contributed by atoms with E-state index >= 15 is 0 Å². The van der Waals surface area contributed by atoms with Crippen LogP contribution in [-0.4, -0.2) is 27.7 Å². The van der Waals surface area contributed by atoms with Crippen LogP contribution in [-0.2, 0) is 4.74 Å². The maximum absolute atomic E-state index is 11.6. The first-order valence-corrected chi connectivity index (χ1v) is 6.68. The molecule has 0 saturated heterocycles. The quantitative estimate of drug-likeness (QED) is 0.906. The minimum Gasteiger partial charge on any atom is -0.444 e. The fourth-order valence-corrected chi connectivity index (χ4v) is 2.16. The van der Waals surface area contributed by atoms with Crippen molar-refractivity contribution in [2.45, 2.75) is 51.2 Å². The summed E-state index contributed by atoms with van der Waals surface area (Å²) in [5, 5.41) is 3.25. The number of amides is 1. The normalized spacial score (nSPS) is 22.5. The van der Waals surface area contributed by atoms with Crippen molar-refractivity contribution in [3.05, 3.63) is 23.2 Å². The van der Waals surface area contributed by atoms with Crippen LogP contribution >= 0.6 is 11.6 Å². The maximum atomic E-state index is 11.6. The van der Waals surface area contributed by atoms with Gasteiger partial charge < -0.3 is 10.1 Å². The van der Waals surface area contributed by atoms with Gasteiger partial charge in [-0.25, -0.2) is 9.78 Å². The lowest BCUT2D eigenvalue weighted by atomic mass is 9.78. The Kier molecular flexibility index (Phi) is 3.94. The molecule has 1 amide bonds. The average Bonchev–Trinajstić information content (AvgIpc) is 2.20. The molecule has 1 fully saturated rings. The third-order valence-electron chi connectivity index (χ3n) is 2.90. The van der Waals surface area contributed by atoms with Gasteiger partial charge in [-0.1, -0.05) is 11.6 Å². The lowest BCUT2D eigenvalue weighted by molar-refractivity contribution is 0.0470. The number of carbonyl (C=O) groups is 1. The van der Waals surface area contributed by atoms with Gasteiger partial charge in [0.05, 0.1) is 11.9 Å². The average molecular weight is 284 g/mol. The zero-order chi connectivity index (χ0) is 14.0. The Morgan fingerprint density at radius 2 is 2.11 bits per heavy atom. The van der Waals surface area contributed by atoms with E-state index in [0.717, 1.165) is 18.5 Å². The molecule has 0 unspecified atom stereocenters. The minimum absolute atomic E-state index is 0.139. The summed E-state index contributed by atoms with van der Waals surface area (Å²) in [7, 11) is 0. The summed E-state index contributed by atoms with van der Waals surface area (Å²) < 4.78 is 5.21. The smallest absolute Gasteiger partial charge is 0.407 e. The first kappa shape index (κ1) is 14.1. The van der Waals surface area contributed by atoms with E-state index in [4.69, 9.17) is 16.3 Å². The summed E-state index contributed by atoms with van der Waals surface area (Å²) in [5.41, 5.74) is 0.417. The highest BCUT2D eigenvalue weighted by Gasteiger charge is 2.33. The highest BCUT2D eigenvalue weighted by Crippen LogP contribution is 2.36. The zero-order valence-corrected chi connectivity index (χ0v) is 12.1. The molecule has 0 atom stereocenters. The number of ether oxygens (including phenoxy) is 1. The van der Waals surface area contributed by atoms with Gasteiger partial charge in [-0.15, -0.1) is 0 Å². The molecular weight excluding hydrogens is 266 g/mol. The second-order valence-corrected chi connectivity index (χ2v) is 6.17. The Balaban J connectivity index is 1.79. The number of hydrogen-bond donors (Lipinski definition) is 1. The summed E-state index contributed by atoms with van der Waals surface area (Å²) in [6.07, 6.45) is 4.55. The van der Waals surface area contributed by atoms with Crippen molar-refractivity contribution in [3.8, 4) is 0 Å². The Hall–Kier alpha value is -1.36. The molecule has 1 aromatic rings. The standard InChI is InChI=1S/C13H18ClN3O2/c1-13(2,3)19-12(18)16-9-4-8(5-9)10-6-15-7-11(14)17-10/h6-9H,4-5H2,1-3H3,(H,16,18). The van der Waals surface area contributed by atoms with E-state index in [0.29, 0.717) is 11.1 Å². The molecule has 1 heterocycles. The predicted molar refractivity (Wildman–Crippen MR) is 72.2 cm³/mol. The topological polar surface area (TPSA) is 64.1 Å². The first-order valence-electron chi connectivity index (χ1n) is 6.30. The van der Waals surface area contributed by atoms with Crippen molar-refractivity contribution in [1.29, 1.82) is 0 Å². The van der Waals surface area contributed by atoms with Gasteiger partial charge >= 0.3 is 6.09 Å². The fourth-order valence-electron chi connectivity index (χ4n) is 2.00. The van der Waals surface area contributed by atoms with Gasteiger partial charge in [0.1, 0.15) is 10.8 Å². The maximum Gasteiger partial charge on any atom is 0.407 e. The van der Waals surface area contributed by atoms with Crippen LogP contribution in [0, 0.1) is 0 Å². The van der Waals surface area contributed by atoms with Gasteiger partial charge in [0.2, 0.25) is 0 Å². The number of halogens is 1. The van der Waals surface area contributed by atoms with Crippen molar-refractivity contribution in [1.82, 2.24) is 15.3 Å². The second-order valence-electron chi connectivity index (χ2n) is 5.78. The Morgan fingerprint density at radius 3 is 2.68 bits per heavy atom. The molecule has 104 valence electrons. The van der Waals surface area contributed by atoms with Gasteiger partial charge in [-0.05, 0) is 33.6 Å². The van der Waals surface area contributed by atoms with Crippen LogP contribution < -0.4 is 5.32 Å². The van der Waals surface area contributed by atoms with E-state index in [1.54, 1.807) is 6.20 Å². The molecule has 1 aliphatic rings. The van der Waals surface area contributed by atoms with E-state index in [9.17, 15) is 4.79 Å². The van der Waals surface area contributed by atoms with Crippen LogP contribution in [0.25, 0.3) is 0 Å². The van der Waals surface area contributed by atoms with Crippen molar-refractivity contribution >= 4 is 17.7 Å². The van der Waals surface area contributed by atoms with Gasteiger partial charge in [0.15, 0.2) is 0 Å². The van der Waals surface area contributed by atoms with Crippen molar-refractivity contribution < 1.29 is 9.53 Å². The van der Waals surface area contributed by atoms with E-state index in [2.05, 4.69) is 15.3 Å². The lowest BCUT2D eigenvalue weighted by Crippen LogP contribution is -2.45. The van der Waals surface area contributed by atoms with Gasteiger partial charge in [-0.2, -0.15) is 0 Å². The number of aromatic nitrogens is 2. The highest BCUT2D eigenvalue weighted by atomic mass is 35.5. The number of nitrogens with one attached hydrogen (secondary N) is 1. The van der Waals surface area contributed by atoms with Crippen LogP contribution in [0.2, 0.25) is 5.15 Å². The monoisotopic (exact) mass is 283 g/mol. The molecule has 19 heavy (non-hydrogen) atoms. The zero-order valence-electron chi connectivity index (χ0n) is 11.3. The summed E-state index contributed by atoms with van der Waals surface area (Å²) >= 11 is 5.80. The third-order valence-corrected chi connectivity index (χ3v) is 3.08. The molecular formula is C13H18ClN3O2. The fraction of sp³-hybridized carbons (Fsp3) is 0.615. The van der Waals surface area contributed by atoms with E-state index in [-0.39, 0.29) is 12.1 Å². The van der Waals surface area contributed by atoms with E-state index < -0.39 is 5.60 Å². The molecule has 5 nitrogen and oxygen atoms in total. The van der Waals surface area contributed by atoms with Crippen LogP contribution in [0.3, 0.4) is 0 Å². The van der Waals surface area contributed by atoms with Gasteiger partial charge in [-0.3, -0.25) is 4.98 Å². The summed E-state index contributed by atoms with van der Waals surface area (Å²) in [4.78, 5) is 19.8. The van der Waals surface area contributed by atoms with E-state index in [1.165, 1.54) is 6.20 Å². The third kappa shape index (κ3) is 4.06. The molecule has 0 spiro atoms. The molecule has 6 heteroatoms. The van der Waals surface area contributed by atoms with Crippen LogP contribution in [0.15, 0.2) is 12.4 Å². The summed E-state index contributed by atoms with van der Waals surface area (Å²) in [5.74, 6) is 0.311. The molecule has 1 aliphatic carbocycles. The molecule has 0 aromatic carbocycles. The second kappa shape index (κ2) is 5.33. The Bertz CT molecular complexity index is 467. The Morgan fingerprint density at radius 1 is 1.42 bits per heavy atom. The lowest BCUT2D eigenvalue weighted by Gasteiger charge is -2.35. The van der Waals surface area contributed by atoms with Crippen molar-refractivity contribution in [3.63, 3.8) is 0 Å². The first-order chi connectivity index (χ1) is 8.83. The van der Waals surface area contributed by atoms with Crippen LogP contribution in [0.1, 0.15) is 45.2 Å². The number of alkyl carbamates (subject to hydrolysis) is 1. The largest absolute Gasteiger partial charge is 0.444 e. The Labute approximate surface area is 117 Å².